The minimum absolute atomic E-state index is 0.00748. The standard InChI is InChI=1S/C20H19N3O5/c1-26-19-9-7-14(11-20(19)27-2)12-21-22-13-15-8-10-18(28-15)16-5-3-4-6-17(16)23(24)25/h3-11,13,21H,12H2,1-2H3/b22-13+. The van der Waals surface area contributed by atoms with E-state index in [1.807, 2.05) is 18.2 Å². The lowest BCUT2D eigenvalue weighted by Gasteiger charge is -2.09. The molecule has 1 N–H and O–H groups in total. The highest BCUT2D eigenvalue weighted by atomic mass is 16.6. The van der Waals surface area contributed by atoms with Crippen LogP contribution < -0.4 is 14.9 Å². The second-order valence-corrected chi connectivity index (χ2v) is 5.76. The van der Waals surface area contributed by atoms with Crippen LogP contribution in [0.25, 0.3) is 11.3 Å². The number of furan rings is 1. The fraction of sp³-hybridized carbons (Fsp3) is 0.150. The van der Waals surface area contributed by atoms with Crippen molar-refractivity contribution in [2.45, 2.75) is 6.54 Å². The minimum atomic E-state index is -0.434. The number of nitro groups is 1. The number of nitrogens with one attached hydrogen (secondary N) is 1. The van der Waals surface area contributed by atoms with Gasteiger partial charge in [-0.3, -0.25) is 10.1 Å². The SMILES string of the molecule is COc1ccc(CN/N=C/c2ccc(-c3ccccc3[N+](=O)[O-])o2)cc1OC. The topological polar surface area (TPSA) is 99.1 Å². The Kier molecular flexibility index (Phi) is 5.91. The molecule has 28 heavy (non-hydrogen) atoms. The maximum absolute atomic E-state index is 11.1. The lowest BCUT2D eigenvalue weighted by Crippen LogP contribution is -2.05. The lowest BCUT2D eigenvalue weighted by molar-refractivity contribution is -0.384. The van der Waals surface area contributed by atoms with Crippen LogP contribution in [0.15, 0.2) is 64.1 Å². The van der Waals surface area contributed by atoms with Crippen LogP contribution in [0.5, 0.6) is 11.5 Å². The van der Waals surface area contributed by atoms with Crippen molar-refractivity contribution in [1.82, 2.24) is 5.43 Å². The number of rotatable bonds is 8. The summed E-state index contributed by atoms with van der Waals surface area (Å²) in [6.07, 6.45) is 1.51. The number of hydrogen-bond acceptors (Lipinski definition) is 7. The summed E-state index contributed by atoms with van der Waals surface area (Å²) in [5, 5.41) is 15.3. The van der Waals surface area contributed by atoms with E-state index in [1.54, 1.807) is 44.6 Å². The molecule has 0 amide bonds. The van der Waals surface area contributed by atoms with Gasteiger partial charge in [-0.1, -0.05) is 18.2 Å². The molecule has 0 atom stereocenters. The number of nitrogens with zero attached hydrogens (tertiary/aromatic N) is 2. The van der Waals surface area contributed by atoms with Gasteiger partial charge >= 0.3 is 0 Å². The first kappa shape index (κ1) is 19.0. The van der Waals surface area contributed by atoms with E-state index in [4.69, 9.17) is 13.9 Å². The molecule has 0 bridgehead atoms. The fourth-order valence-electron chi connectivity index (χ4n) is 2.64. The molecule has 3 rings (SSSR count). The maximum atomic E-state index is 11.1. The largest absolute Gasteiger partial charge is 0.493 e. The first-order valence-electron chi connectivity index (χ1n) is 8.43. The van der Waals surface area contributed by atoms with Gasteiger partial charge in [0.25, 0.3) is 5.69 Å². The fourth-order valence-corrected chi connectivity index (χ4v) is 2.64. The van der Waals surface area contributed by atoms with Gasteiger partial charge < -0.3 is 19.3 Å². The van der Waals surface area contributed by atoms with Gasteiger partial charge in [0.15, 0.2) is 11.5 Å². The van der Waals surface area contributed by atoms with Crippen LogP contribution in [0.4, 0.5) is 5.69 Å². The molecule has 8 heteroatoms. The Morgan fingerprint density at radius 3 is 2.64 bits per heavy atom. The summed E-state index contributed by atoms with van der Waals surface area (Å²) < 4.78 is 16.1. The Hall–Kier alpha value is -3.81. The second kappa shape index (κ2) is 8.72. The summed E-state index contributed by atoms with van der Waals surface area (Å²) >= 11 is 0. The van der Waals surface area contributed by atoms with Crippen LogP contribution in [0.1, 0.15) is 11.3 Å². The lowest BCUT2D eigenvalue weighted by atomic mass is 10.1. The quantitative estimate of drug-likeness (QED) is 0.360. The van der Waals surface area contributed by atoms with E-state index in [1.165, 1.54) is 12.3 Å². The molecule has 144 valence electrons. The van der Waals surface area contributed by atoms with Crippen LogP contribution in [0.3, 0.4) is 0 Å². The van der Waals surface area contributed by atoms with Gasteiger partial charge in [-0.25, -0.2) is 0 Å². The number of ether oxygens (including phenoxy) is 2. The average molecular weight is 381 g/mol. The van der Waals surface area contributed by atoms with E-state index in [-0.39, 0.29) is 5.69 Å². The number of hydrazone groups is 1. The Morgan fingerprint density at radius 2 is 1.89 bits per heavy atom. The van der Waals surface area contributed by atoms with E-state index in [0.717, 1.165) is 5.56 Å². The van der Waals surface area contributed by atoms with Crippen molar-refractivity contribution >= 4 is 11.9 Å². The van der Waals surface area contributed by atoms with E-state index < -0.39 is 4.92 Å². The summed E-state index contributed by atoms with van der Waals surface area (Å²) in [5.41, 5.74) is 4.30. The van der Waals surface area contributed by atoms with Gasteiger partial charge in [0.2, 0.25) is 0 Å². The molecule has 1 heterocycles. The Balaban J connectivity index is 1.65. The van der Waals surface area contributed by atoms with E-state index in [9.17, 15) is 10.1 Å². The second-order valence-electron chi connectivity index (χ2n) is 5.76. The third kappa shape index (κ3) is 4.29. The van der Waals surface area contributed by atoms with Crippen molar-refractivity contribution in [3.05, 3.63) is 76.0 Å². The number of methoxy groups -OCH3 is 2. The zero-order chi connectivity index (χ0) is 19.9. The normalized spacial score (nSPS) is 10.8. The molecule has 0 unspecified atom stereocenters. The van der Waals surface area contributed by atoms with Crippen LogP contribution in [-0.4, -0.2) is 25.4 Å². The Labute approximate surface area is 161 Å². The predicted octanol–water partition coefficient (Wildman–Crippen LogP) is 4.00. The molecule has 1 aromatic heterocycles. The Morgan fingerprint density at radius 1 is 1.11 bits per heavy atom. The zero-order valence-corrected chi connectivity index (χ0v) is 15.4. The zero-order valence-electron chi connectivity index (χ0n) is 15.4. The van der Waals surface area contributed by atoms with Crippen LogP contribution in [-0.2, 0) is 6.54 Å². The summed E-state index contributed by atoms with van der Waals surface area (Å²) in [6, 6.07) is 15.4. The molecule has 0 aliphatic carbocycles. The Bertz CT molecular complexity index is 997. The molecule has 0 saturated heterocycles. The molecular formula is C20H19N3O5. The number of nitro benzene ring substituents is 1. The molecular weight excluding hydrogens is 362 g/mol. The number of hydrogen-bond donors (Lipinski definition) is 1. The summed E-state index contributed by atoms with van der Waals surface area (Å²) in [6.45, 7) is 0.481. The van der Waals surface area contributed by atoms with Crippen LogP contribution in [0.2, 0.25) is 0 Å². The first-order chi connectivity index (χ1) is 13.6. The predicted molar refractivity (Wildman–Crippen MR) is 105 cm³/mol. The van der Waals surface area contributed by atoms with Crippen molar-refractivity contribution in [1.29, 1.82) is 0 Å². The minimum Gasteiger partial charge on any atom is -0.493 e. The number of benzene rings is 2. The summed E-state index contributed by atoms with van der Waals surface area (Å²) in [5.74, 6) is 2.19. The molecule has 0 spiro atoms. The number of para-hydroxylation sites is 1. The van der Waals surface area contributed by atoms with E-state index >= 15 is 0 Å². The summed E-state index contributed by atoms with van der Waals surface area (Å²) in [4.78, 5) is 10.7. The smallest absolute Gasteiger partial charge is 0.280 e. The van der Waals surface area contributed by atoms with Crippen LogP contribution >= 0.6 is 0 Å². The third-order valence-electron chi connectivity index (χ3n) is 4.01. The van der Waals surface area contributed by atoms with Gasteiger partial charge in [-0.05, 0) is 35.9 Å². The molecule has 0 saturated carbocycles. The van der Waals surface area contributed by atoms with Crippen molar-refractivity contribution in [3.63, 3.8) is 0 Å². The van der Waals surface area contributed by atoms with Gasteiger partial charge in [0.1, 0.15) is 11.5 Å². The van der Waals surface area contributed by atoms with E-state index in [0.29, 0.717) is 35.1 Å². The molecule has 3 aromatic rings. The third-order valence-corrected chi connectivity index (χ3v) is 4.01. The molecule has 0 aliphatic heterocycles. The van der Waals surface area contributed by atoms with Crippen molar-refractivity contribution < 1.29 is 18.8 Å². The molecule has 0 fully saturated rings. The van der Waals surface area contributed by atoms with Crippen LogP contribution in [0, 0.1) is 10.1 Å². The average Bonchev–Trinajstić information content (AvgIpc) is 3.19. The molecule has 2 aromatic carbocycles. The molecule has 0 radical (unpaired) electrons. The first-order valence-corrected chi connectivity index (χ1v) is 8.43. The van der Waals surface area contributed by atoms with E-state index in [2.05, 4.69) is 10.5 Å². The van der Waals surface area contributed by atoms with Crippen molar-refractivity contribution in [2.75, 3.05) is 14.2 Å². The monoisotopic (exact) mass is 381 g/mol. The van der Waals surface area contributed by atoms with Gasteiger partial charge in [0, 0.05) is 6.07 Å². The highest BCUT2D eigenvalue weighted by Crippen LogP contribution is 2.30. The van der Waals surface area contributed by atoms with Crippen molar-refractivity contribution in [2.24, 2.45) is 5.10 Å². The molecule has 0 aliphatic rings. The maximum Gasteiger partial charge on any atom is 0.280 e. The summed E-state index contributed by atoms with van der Waals surface area (Å²) in [7, 11) is 3.17. The highest BCUT2D eigenvalue weighted by molar-refractivity contribution is 5.78. The van der Waals surface area contributed by atoms with Gasteiger partial charge in [-0.2, -0.15) is 5.10 Å². The van der Waals surface area contributed by atoms with Crippen molar-refractivity contribution in [3.8, 4) is 22.8 Å². The van der Waals surface area contributed by atoms with Gasteiger partial charge in [-0.15, -0.1) is 0 Å². The molecule has 8 nitrogen and oxygen atoms in total. The van der Waals surface area contributed by atoms with Gasteiger partial charge in [0.05, 0.1) is 37.5 Å². The highest BCUT2D eigenvalue weighted by Gasteiger charge is 2.16.